The van der Waals surface area contributed by atoms with Gasteiger partial charge in [-0.15, -0.1) is 0 Å². The van der Waals surface area contributed by atoms with Gasteiger partial charge in [0, 0.05) is 37.4 Å². The maximum Gasteiger partial charge on any atom is 0.264 e. The molecule has 0 atom stereocenters. The Morgan fingerprint density at radius 3 is 2.57 bits per heavy atom. The normalized spacial score (nSPS) is 17.6. The van der Waals surface area contributed by atoms with Gasteiger partial charge in [-0.2, -0.15) is 0 Å². The molecule has 1 saturated heterocycles. The molecule has 1 aliphatic heterocycles. The fraction of sp³-hybridized carbons (Fsp3) is 0.435. The van der Waals surface area contributed by atoms with Crippen molar-refractivity contribution in [1.82, 2.24) is 14.5 Å². The summed E-state index contributed by atoms with van der Waals surface area (Å²) in [5, 5.41) is 4.11. The van der Waals surface area contributed by atoms with Crippen LogP contribution in [-0.2, 0) is 11.8 Å². The topological polar surface area (TPSA) is 72.3 Å². The van der Waals surface area contributed by atoms with Crippen LogP contribution >= 0.6 is 0 Å². The Morgan fingerprint density at radius 2 is 1.83 bits per heavy atom. The summed E-state index contributed by atoms with van der Waals surface area (Å²) in [5.74, 6) is 0.653. The molecule has 1 aliphatic carbocycles. The van der Waals surface area contributed by atoms with Gasteiger partial charge in [0.05, 0.1) is 30.8 Å². The zero-order chi connectivity index (χ0) is 20.5. The molecule has 0 radical (unpaired) electrons. The van der Waals surface area contributed by atoms with Crippen LogP contribution in [0.15, 0.2) is 41.5 Å². The van der Waals surface area contributed by atoms with Gasteiger partial charge in [0.1, 0.15) is 11.2 Å². The van der Waals surface area contributed by atoms with E-state index in [0.717, 1.165) is 50.4 Å². The van der Waals surface area contributed by atoms with E-state index in [-0.39, 0.29) is 5.56 Å². The number of pyridine rings is 1. The van der Waals surface area contributed by atoms with Crippen LogP contribution in [0.1, 0.15) is 25.7 Å². The van der Waals surface area contributed by atoms with Crippen molar-refractivity contribution in [3.8, 4) is 11.3 Å². The number of morpholine rings is 1. The van der Waals surface area contributed by atoms with Crippen molar-refractivity contribution >= 4 is 22.4 Å². The van der Waals surface area contributed by atoms with E-state index in [0.29, 0.717) is 22.8 Å². The van der Waals surface area contributed by atoms with E-state index < -0.39 is 0 Å². The number of benzene rings is 1. The molecular formula is C23H27N5O2. The zero-order valence-corrected chi connectivity index (χ0v) is 17.3. The largest absolute Gasteiger partial charge is 0.378 e. The first kappa shape index (κ1) is 19.1. The Labute approximate surface area is 175 Å². The maximum absolute atomic E-state index is 12.8. The first-order chi connectivity index (χ1) is 14.7. The van der Waals surface area contributed by atoms with Gasteiger partial charge in [-0.25, -0.2) is 9.97 Å². The van der Waals surface area contributed by atoms with Crippen molar-refractivity contribution in [3.05, 3.63) is 47.0 Å². The summed E-state index contributed by atoms with van der Waals surface area (Å²) in [6.07, 6.45) is 6.24. The molecule has 2 aliphatic rings. The fourth-order valence-electron chi connectivity index (χ4n) is 4.40. The highest BCUT2D eigenvalue weighted by Gasteiger charge is 2.19. The van der Waals surface area contributed by atoms with Gasteiger partial charge in [0.2, 0.25) is 0 Å². The van der Waals surface area contributed by atoms with Crippen LogP contribution in [0, 0.1) is 0 Å². The molecule has 7 heteroatoms. The standard InChI is InChI=1S/C23H27N5O2/c1-27-15-24-20-14-19(16-6-8-18(9-7-16)28-10-12-30-13-11-28)26-22(21(20)23(27)29)25-17-4-2-3-5-17/h6-9,14-15,17H,2-5,10-13H2,1H3,(H,25,26). The smallest absolute Gasteiger partial charge is 0.264 e. The van der Waals surface area contributed by atoms with Crippen molar-refractivity contribution in [2.45, 2.75) is 31.7 Å². The third kappa shape index (κ3) is 3.65. The lowest BCUT2D eigenvalue weighted by Crippen LogP contribution is -2.36. The molecule has 7 nitrogen and oxygen atoms in total. The lowest BCUT2D eigenvalue weighted by molar-refractivity contribution is 0.122. The van der Waals surface area contributed by atoms with Crippen molar-refractivity contribution in [3.63, 3.8) is 0 Å². The molecule has 3 heterocycles. The molecule has 1 saturated carbocycles. The predicted octanol–water partition coefficient (Wildman–Crippen LogP) is 3.19. The van der Waals surface area contributed by atoms with Crippen molar-refractivity contribution < 1.29 is 4.74 Å². The first-order valence-electron chi connectivity index (χ1n) is 10.7. The van der Waals surface area contributed by atoms with Crippen LogP contribution in [0.3, 0.4) is 0 Å². The van der Waals surface area contributed by atoms with Gasteiger partial charge in [-0.3, -0.25) is 4.79 Å². The van der Waals surface area contributed by atoms with Crippen LogP contribution in [0.2, 0.25) is 0 Å². The second-order valence-corrected chi connectivity index (χ2v) is 8.18. The number of nitrogens with zero attached hydrogens (tertiary/aromatic N) is 4. The number of ether oxygens (including phenoxy) is 1. The van der Waals surface area contributed by atoms with Crippen molar-refractivity contribution in [2.24, 2.45) is 7.05 Å². The highest BCUT2D eigenvalue weighted by molar-refractivity contribution is 5.91. The van der Waals surface area contributed by atoms with E-state index >= 15 is 0 Å². The number of hydrogen-bond donors (Lipinski definition) is 1. The SMILES string of the molecule is Cn1cnc2cc(-c3ccc(N4CCOCC4)cc3)nc(NC3CCCC3)c2c1=O. The molecule has 2 aromatic heterocycles. The Balaban J connectivity index is 1.54. The molecular weight excluding hydrogens is 378 g/mol. The Bertz CT molecular complexity index is 1100. The van der Waals surface area contributed by atoms with E-state index in [4.69, 9.17) is 9.72 Å². The second-order valence-electron chi connectivity index (χ2n) is 8.18. The van der Waals surface area contributed by atoms with Crippen LogP contribution in [0.5, 0.6) is 0 Å². The maximum atomic E-state index is 12.8. The molecule has 2 fully saturated rings. The molecule has 0 spiro atoms. The summed E-state index contributed by atoms with van der Waals surface area (Å²) in [7, 11) is 1.73. The molecule has 0 bridgehead atoms. The van der Waals surface area contributed by atoms with Crippen LogP contribution < -0.4 is 15.8 Å². The minimum Gasteiger partial charge on any atom is -0.378 e. The van der Waals surface area contributed by atoms with Gasteiger partial charge in [-0.05, 0) is 31.0 Å². The summed E-state index contributed by atoms with van der Waals surface area (Å²) in [4.78, 5) is 24.5. The van der Waals surface area contributed by atoms with Crippen molar-refractivity contribution in [2.75, 3.05) is 36.5 Å². The van der Waals surface area contributed by atoms with Crippen LogP contribution in [0.25, 0.3) is 22.2 Å². The summed E-state index contributed by atoms with van der Waals surface area (Å²) < 4.78 is 6.96. The van der Waals surface area contributed by atoms with Crippen molar-refractivity contribution in [1.29, 1.82) is 0 Å². The summed E-state index contributed by atoms with van der Waals surface area (Å²) in [6, 6.07) is 10.7. The second kappa shape index (κ2) is 8.07. The minimum atomic E-state index is -0.0674. The molecule has 1 aromatic carbocycles. The fourth-order valence-corrected chi connectivity index (χ4v) is 4.40. The number of nitrogens with one attached hydrogen (secondary N) is 1. The Morgan fingerprint density at radius 1 is 1.10 bits per heavy atom. The van der Waals surface area contributed by atoms with Gasteiger partial charge in [0.25, 0.3) is 5.56 Å². The molecule has 30 heavy (non-hydrogen) atoms. The van der Waals surface area contributed by atoms with Gasteiger partial charge in [-0.1, -0.05) is 25.0 Å². The lowest BCUT2D eigenvalue weighted by atomic mass is 10.1. The van der Waals surface area contributed by atoms with Gasteiger partial charge >= 0.3 is 0 Å². The third-order valence-electron chi connectivity index (χ3n) is 6.14. The molecule has 5 rings (SSSR count). The van der Waals surface area contributed by atoms with E-state index in [1.165, 1.54) is 23.1 Å². The number of rotatable bonds is 4. The first-order valence-corrected chi connectivity index (χ1v) is 10.7. The highest BCUT2D eigenvalue weighted by atomic mass is 16.5. The van der Waals surface area contributed by atoms with E-state index in [2.05, 4.69) is 39.5 Å². The van der Waals surface area contributed by atoms with Gasteiger partial charge < -0.3 is 19.5 Å². The third-order valence-corrected chi connectivity index (χ3v) is 6.14. The molecule has 0 unspecified atom stereocenters. The number of hydrogen-bond acceptors (Lipinski definition) is 6. The van der Waals surface area contributed by atoms with Crippen LogP contribution in [0.4, 0.5) is 11.5 Å². The minimum absolute atomic E-state index is 0.0674. The Hall–Kier alpha value is -2.93. The molecule has 3 aromatic rings. The van der Waals surface area contributed by atoms with E-state index in [1.807, 2.05) is 6.07 Å². The summed E-state index contributed by atoms with van der Waals surface area (Å²) in [5.41, 5.74) is 3.66. The Kier molecular flexibility index (Phi) is 5.12. The highest BCUT2D eigenvalue weighted by Crippen LogP contribution is 2.29. The summed E-state index contributed by atoms with van der Waals surface area (Å²) >= 11 is 0. The average Bonchev–Trinajstić information content (AvgIpc) is 3.30. The van der Waals surface area contributed by atoms with Gasteiger partial charge in [0.15, 0.2) is 0 Å². The van der Waals surface area contributed by atoms with Crippen LogP contribution in [-0.4, -0.2) is 46.9 Å². The quantitative estimate of drug-likeness (QED) is 0.719. The molecule has 156 valence electrons. The number of fused-ring (bicyclic) bond motifs is 1. The monoisotopic (exact) mass is 405 g/mol. The molecule has 1 N–H and O–H groups in total. The average molecular weight is 406 g/mol. The lowest BCUT2D eigenvalue weighted by Gasteiger charge is -2.28. The van der Waals surface area contributed by atoms with E-state index in [1.54, 1.807) is 13.4 Å². The number of aromatic nitrogens is 3. The molecule has 0 amide bonds. The predicted molar refractivity (Wildman–Crippen MR) is 119 cm³/mol. The number of aryl methyl sites for hydroxylation is 1. The summed E-state index contributed by atoms with van der Waals surface area (Å²) in [6.45, 7) is 3.36. The zero-order valence-electron chi connectivity index (χ0n) is 17.3. The number of anilines is 2. The van der Waals surface area contributed by atoms with E-state index in [9.17, 15) is 4.79 Å².